The number of likely N-dealkylation sites (tertiary alicyclic amines) is 1. The molecule has 2 atom stereocenters. The molecule has 1 heterocycles. The third-order valence-corrected chi connectivity index (χ3v) is 4.15. The van der Waals surface area contributed by atoms with Crippen LogP contribution in [0.5, 0.6) is 0 Å². The number of carbonyl (C=O) groups excluding carboxylic acids is 1. The molecule has 0 spiro atoms. The average molecular weight is 295 g/mol. The summed E-state index contributed by atoms with van der Waals surface area (Å²) in [4.78, 5) is 14.1. The predicted molar refractivity (Wildman–Crippen MR) is 83.1 cm³/mol. The Hall–Kier alpha value is -1.22. The van der Waals surface area contributed by atoms with E-state index in [9.17, 15) is 4.79 Å². The lowest BCUT2D eigenvalue weighted by atomic mass is 9.92. The summed E-state index contributed by atoms with van der Waals surface area (Å²) >= 11 is 6.10. The van der Waals surface area contributed by atoms with Crippen molar-refractivity contribution < 1.29 is 4.79 Å². The molecule has 1 N–H and O–H groups in total. The molecule has 2 amide bonds. The topological polar surface area (TPSA) is 32.3 Å². The van der Waals surface area contributed by atoms with Crippen molar-refractivity contribution in [1.29, 1.82) is 0 Å². The number of rotatable bonds is 3. The van der Waals surface area contributed by atoms with Gasteiger partial charge in [-0.05, 0) is 36.3 Å². The van der Waals surface area contributed by atoms with E-state index in [-0.39, 0.29) is 6.03 Å². The van der Waals surface area contributed by atoms with Crippen LogP contribution in [0.3, 0.4) is 0 Å². The van der Waals surface area contributed by atoms with Crippen molar-refractivity contribution in [3.63, 3.8) is 0 Å². The Kier molecular flexibility index (Phi) is 5.30. The van der Waals surface area contributed by atoms with E-state index in [0.717, 1.165) is 30.1 Å². The number of hydrogen-bond donors (Lipinski definition) is 1. The van der Waals surface area contributed by atoms with Crippen molar-refractivity contribution in [3.05, 3.63) is 34.9 Å². The molecule has 1 fully saturated rings. The SMILES string of the molecule is CC1CC(C)CN(C(=O)NCCc2ccccc2Cl)C1. The van der Waals surface area contributed by atoms with E-state index >= 15 is 0 Å². The molecular weight excluding hydrogens is 272 g/mol. The van der Waals surface area contributed by atoms with E-state index in [1.165, 1.54) is 6.42 Å². The fourth-order valence-corrected chi connectivity index (χ4v) is 3.18. The summed E-state index contributed by atoms with van der Waals surface area (Å²) in [5, 5.41) is 3.76. The van der Waals surface area contributed by atoms with Crippen LogP contribution >= 0.6 is 11.6 Å². The molecular formula is C16H23ClN2O. The molecule has 2 unspecified atom stereocenters. The summed E-state index contributed by atoms with van der Waals surface area (Å²) in [6, 6.07) is 7.82. The first-order chi connectivity index (χ1) is 9.56. The maximum atomic E-state index is 12.1. The molecule has 0 radical (unpaired) electrons. The van der Waals surface area contributed by atoms with Crippen LogP contribution in [0.1, 0.15) is 25.8 Å². The second-order valence-corrected chi connectivity index (χ2v) is 6.33. The van der Waals surface area contributed by atoms with Gasteiger partial charge < -0.3 is 10.2 Å². The van der Waals surface area contributed by atoms with Crippen LogP contribution in [0.25, 0.3) is 0 Å². The summed E-state index contributed by atoms with van der Waals surface area (Å²) in [6.07, 6.45) is 1.98. The number of urea groups is 1. The predicted octanol–water partition coefficient (Wildman–Crippen LogP) is 3.57. The van der Waals surface area contributed by atoms with Crippen molar-refractivity contribution in [2.24, 2.45) is 11.8 Å². The van der Waals surface area contributed by atoms with Crippen LogP contribution in [0, 0.1) is 11.8 Å². The van der Waals surface area contributed by atoms with Crippen molar-refractivity contribution in [1.82, 2.24) is 10.2 Å². The third kappa shape index (κ3) is 4.14. The number of hydrogen-bond acceptors (Lipinski definition) is 1. The maximum absolute atomic E-state index is 12.1. The van der Waals surface area contributed by atoms with E-state index in [4.69, 9.17) is 11.6 Å². The number of piperidine rings is 1. The highest BCUT2D eigenvalue weighted by Crippen LogP contribution is 2.20. The van der Waals surface area contributed by atoms with Gasteiger partial charge in [0.15, 0.2) is 0 Å². The molecule has 0 aromatic heterocycles. The van der Waals surface area contributed by atoms with Crippen molar-refractivity contribution in [2.75, 3.05) is 19.6 Å². The van der Waals surface area contributed by atoms with E-state index in [0.29, 0.717) is 18.4 Å². The van der Waals surface area contributed by atoms with Crippen LogP contribution in [-0.4, -0.2) is 30.6 Å². The second-order valence-electron chi connectivity index (χ2n) is 5.92. The Bertz CT molecular complexity index is 454. The Morgan fingerprint density at radius 3 is 2.60 bits per heavy atom. The summed E-state index contributed by atoms with van der Waals surface area (Å²) in [5.74, 6) is 1.18. The van der Waals surface area contributed by atoms with Crippen molar-refractivity contribution in [3.8, 4) is 0 Å². The summed E-state index contributed by atoms with van der Waals surface area (Å²) in [5.41, 5.74) is 1.08. The molecule has 0 aliphatic carbocycles. The van der Waals surface area contributed by atoms with Gasteiger partial charge in [0, 0.05) is 24.7 Å². The molecule has 1 aromatic rings. The normalized spacial score (nSPS) is 22.6. The Morgan fingerprint density at radius 2 is 1.95 bits per heavy atom. The van der Waals surface area contributed by atoms with E-state index < -0.39 is 0 Å². The molecule has 0 bridgehead atoms. The van der Waals surface area contributed by atoms with E-state index in [1.54, 1.807) is 0 Å². The van der Waals surface area contributed by atoms with Gasteiger partial charge in [-0.25, -0.2) is 4.79 Å². The quantitative estimate of drug-likeness (QED) is 0.908. The van der Waals surface area contributed by atoms with Crippen LogP contribution < -0.4 is 5.32 Å². The highest BCUT2D eigenvalue weighted by molar-refractivity contribution is 6.31. The van der Waals surface area contributed by atoms with Crippen molar-refractivity contribution in [2.45, 2.75) is 26.7 Å². The smallest absolute Gasteiger partial charge is 0.317 e. The second kappa shape index (κ2) is 6.98. The van der Waals surface area contributed by atoms with Gasteiger partial charge in [0.2, 0.25) is 0 Å². The zero-order valence-electron chi connectivity index (χ0n) is 12.2. The summed E-state index contributed by atoms with van der Waals surface area (Å²) in [6.45, 7) is 6.77. The lowest BCUT2D eigenvalue weighted by Crippen LogP contribution is -2.47. The molecule has 4 heteroatoms. The van der Waals surface area contributed by atoms with Gasteiger partial charge in [0.05, 0.1) is 0 Å². The minimum atomic E-state index is 0.0513. The molecule has 0 saturated carbocycles. The molecule has 1 aliphatic heterocycles. The maximum Gasteiger partial charge on any atom is 0.317 e. The molecule has 1 aromatic carbocycles. The zero-order chi connectivity index (χ0) is 14.5. The highest BCUT2D eigenvalue weighted by Gasteiger charge is 2.24. The van der Waals surface area contributed by atoms with Gasteiger partial charge in [-0.2, -0.15) is 0 Å². The van der Waals surface area contributed by atoms with E-state index in [1.807, 2.05) is 29.2 Å². The summed E-state index contributed by atoms with van der Waals surface area (Å²) < 4.78 is 0. The molecule has 1 aliphatic rings. The largest absolute Gasteiger partial charge is 0.338 e. The molecule has 2 rings (SSSR count). The van der Waals surface area contributed by atoms with Gasteiger partial charge >= 0.3 is 6.03 Å². The van der Waals surface area contributed by atoms with Crippen LogP contribution in [-0.2, 0) is 6.42 Å². The zero-order valence-corrected chi connectivity index (χ0v) is 13.0. The van der Waals surface area contributed by atoms with Gasteiger partial charge in [-0.1, -0.05) is 43.6 Å². The van der Waals surface area contributed by atoms with Crippen molar-refractivity contribution >= 4 is 17.6 Å². The molecule has 20 heavy (non-hydrogen) atoms. The Morgan fingerprint density at radius 1 is 1.30 bits per heavy atom. The van der Waals surface area contributed by atoms with E-state index in [2.05, 4.69) is 19.2 Å². The lowest BCUT2D eigenvalue weighted by molar-refractivity contribution is 0.146. The Labute approximate surface area is 126 Å². The average Bonchev–Trinajstić information content (AvgIpc) is 2.39. The first kappa shape index (κ1) is 15.2. The number of amides is 2. The minimum absolute atomic E-state index is 0.0513. The van der Waals surface area contributed by atoms with Gasteiger partial charge in [0.1, 0.15) is 0 Å². The minimum Gasteiger partial charge on any atom is -0.338 e. The van der Waals surface area contributed by atoms with Crippen LogP contribution in [0.2, 0.25) is 5.02 Å². The lowest BCUT2D eigenvalue weighted by Gasteiger charge is -2.34. The number of halogens is 1. The van der Waals surface area contributed by atoms with Gasteiger partial charge in [-0.3, -0.25) is 0 Å². The third-order valence-electron chi connectivity index (χ3n) is 3.78. The van der Waals surface area contributed by atoms with Gasteiger partial charge in [0.25, 0.3) is 0 Å². The monoisotopic (exact) mass is 294 g/mol. The fourth-order valence-electron chi connectivity index (χ4n) is 2.95. The van der Waals surface area contributed by atoms with Gasteiger partial charge in [-0.15, -0.1) is 0 Å². The first-order valence-electron chi connectivity index (χ1n) is 7.32. The fraction of sp³-hybridized carbons (Fsp3) is 0.562. The van der Waals surface area contributed by atoms with Crippen LogP contribution in [0.4, 0.5) is 4.79 Å². The standard InChI is InChI=1S/C16H23ClN2O/c1-12-9-13(2)11-19(10-12)16(20)18-8-7-14-5-3-4-6-15(14)17/h3-6,12-13H,7-11H2,1-2H3,(H,18,20). The first-order valence-corrected chi connectivity index (χ1v) is 7.70. The number of nitrogens with one attached hydrogen (secondary N) is 1. The highest BCUT2D eigenvalue weighted by atomic mass is 35.5. The van der Waals surface area contributed by atoms with Crippen LogP contribution in [0.15, 0.2) is 24.3 Å². The number of carbonyl (C=O) groups is 1. The number of benzene rings is 1. The molecule has 3 nitrogen and oxygen atoms in total. The summed E-state index contributed by atoms with van der Waals surface area (Å²) in [7, 11) is 0. The molecule has 110 valence electrons. The molecule has 1 saturated heterocycles. The Balaban J connectivity index is 1.79. The number of nitrogens with zero attached hydrogens (tertiary/aromatic N) is 1.